The number of hydrogen-bond acceptors (Lipinski definition) is 4. The molecule has 0 unspecified atom stereocenters. The van der Waals surface area contributed by atoms with Gasteiger partial charge in [0.2, 0.25) is 0 Å². The molecule has 5 heteroatoms. The molecular weight excluding hydrogens is 434 g/mol. The van der Waals surface area contributed by atoms with Crippen molar-refractivity contribution in [2.75, 3.05) is 18.1 Å². The van der Waals surface area contributed by atoms with Gasteiger partial charge in [0.15, 0.2) is 12.2 Å². The summed E-state index contributed by atoms with van der Waals surface area (Å²) in [6.07, 6.45) is 0. The fourth-order valence-electron chi connectivity index (χ4n) is 5.44. The zero-order valence-corrected chi connectivity index (χ0v) is 19.2. The highest BCUT2D eigenvalue weighted by Crippen LogP contribution is 2.40. The SMILES string of the molecule is CCOC(=O)CN1c2cccc3cccc(c23)-[n+]2nc3c4ccccc4c4ccccc4c3cc21. The van der Waals surface area contributed by atoms with E-state index >= 15 is 0 Å². The molecule has 5 nitrogen and oxygen atoms in total. The lowest BCUT2D eigenvalue weighted by Gasteiger charge is -2.25. The van der Waals surface area contributed by atoms with Crippen molar-refractivity contribution in [2.45, 2.75) is 6.92 Å². The minimum Gasteiger partial charge on any atom is -0.463 e. The molecular formula is C30H22N3O2+. The molecule has 0 radical (unpaired) electrons. The van der Waals surface area contributed by atoms with E-state index in [4.69, 9.17) is 9.84 Å². The van der Waals surface area contributed by atoms with Gasteiger partial charge in [-0.3, -0.25) is 0 Å². The van der Waals surface area contributed by atoms with Gasteiger partial charge in [-0.05, 0) is 40.6 Å². The second-order valence-corrected chi connectivity index (χ2v) is 8.81. The first kappa shape index (κ1) is 19.9. The van der Waals surface area contributed by atoms with Gasteiger partial charge in [-0.25, -0.2) is 9.69 Å². The molecule has 0 saturated carbocycles. The Bertz CT molecular complexity index is 1820. The quantitative estimate of drug-likeness (QED) is 0.187. The Morgan fingerprint density at radius 3 is 2.23 bits per heavy atom. The highest BCUT2D eigenvalue weighted by atomic mass is 16.5. The smallest absolute Gasteiger partial charge is 0.348 e. The van der Waals surface area contributed by atoms with E-state index in [9.17, 15) is 4.79 Å². The minimum atomic E-state index is -0.265. The second-order valence-electron chi connectivity index (χ2n) is 8.81. The van der Waals surface area contributed by atoms with Gasteiger partial charge in [-0.2, -0.15) is 0 Å². The van der Waals surface area contributed by atoms with Crippen LogP contribution in [0.4, 0.5) is 11.5 Å². The number of benzene rings is 5. The Morgan fingerprint density at radius 1 is 0.829 bits per heavy atom. The van der Waals surface area contributed by atoms with Crippen LogP contribution < -0.4 is 9.58 Å². The molecule has 0 bridgehead atoms. The Labute approximate surface area is 201 Å². The van der Waals surface area contributed by atoms with Crippen molar-refractivity contribution >= 4 is 60.7 Å². The maximum absolute atomic E-state index is 12.7. The zero-order valence-electron chi connectivity index (χ0n) is 19.2. The Hall–Kier alpha value is -4.51. The summed E-state index contributed by atoms with van der Waals surface area (Å²) in [5, 5.41) is 13.1. The van der Waals surface area contributed by atoms with Gasteiger partial charge in [0.1, 0.15) is 11.2 Å². The lowest BCUT2D eigenvalue weighted by Crippen LogP contribution is -2.46. The molecule has 5 aromatic carbocycles. The summed E-state index contributed by atoms with van der Waals surface area (Å²) in [5.74, 6) is 0.580. The third-order valence-electron chi connectivity index (χ3n) is 6.88. The number of carbonyl (C=O) groups excluding carboxylic acids is 1. The Morgan fingerprint density at radius 2 is 1.49 bits per heavy atom. The van der Waals surface area contributed by atoms with Crippen LogP contribution in [0.3, 0.4) is 0 Å². The van der Waals surface area contributed by atoms with Crippen LogP contribution in [-0.4, -0.2) is 24.2 Å². The normalized spacial score (nSPS) is 12.4. The molecule has 1 aliphatic heterocycles. The summed E-state index contributed by atoms with van der Waals surface area (Å²) in [5.41, 5.74) is 2.93. The maximum atomic E-state index is 12.7. The van der Waals surface area contributed by atoms with E-state index in [0.29, 0.717) is 6.61 Å². The van der Waals surface area contributed by atoms with Gasteiger partial charge in [0.25, 0.3) is 0 Å². The molecule has 0 atom stereocenters. The van der Waals surface area contributed by atoms with Crippen LogP contribution in [0.2, 0.25) is 0 Å². The predicted molar refractivity (Wildman–Crippen MR) is 139 cm³/mol. The van der Waals surface area contributed by atoms with Gasteiger partial charge in [-0.1, -0.05) is 82.6 Å². The molecule has 0 aliphatic carbocycles. The lowest BCUT2D eigenvalue weighted by molar-refractivity contribution is -0.643. The number of ether oxygens (including phenoxy) is 1. The summed E-state index contributed by atoms with van der Waals surface area (Å²) in [4.78, 5) is 14.7. The molecule has 0 amide bonds. The van der Waals surface area contributed by atoms with Crippen molar-refractivity contribution < 1.29 is 14.2 Å². The number of carbonyl (C=O) groups is 1. The van der Waals surface area contributed by atoms with Gasteiger partial charge < -0.3 is 4.74 Å². The molecule has 1 aliphatic rings. The topological polar surface area (TPSA) is 46.3 Å². The van der Waals surface area contributed by atoms with Crippen LogP contribution in [-0.2, 0) is 9.53 Å². The summed E-state index contributed by atoms with van der Waals surface area (Å²) in [7, 11) is 0. The zero-order chi connectivity index (χ0) is 23.5. The van der Waals surface area contributed by atoms with Crippen molar-refractivity contribution in [3.63, 3.8) is 0 Å². The third-order valence-corrected chi connectivity index (χ3v) is 6.88. The largest absolute Gasteiger partial charge is 0.463 e. The number of aromatic nitrogens is 2. The number of hydrogen-bond donors (Lipinski definition) is 0. The lowest BCUT2D eigenvalue weighted by atomic mass is 9.97. The maximum Gasteiger partial charge on any atom is 0.348 e. The average Bonchev–Trinajstić information content (AvgIpc) is 2.90. The summed E-state index contributed by atoms with van der Waals surface area (Å²) in [6, 6.07) is 31.5. The third kappa shape index (κ3) is 2.85. The fraction of sp³-hybridized carbons (Fsp3) is 0.100. The van der Waals surface area contributed by atoms with E-state index in [1.807, 2.05) is 22.6 Å². The minimum absolute atomic E-state index is 0.111. The van der Waals surface area contributed by atoms with E-state index in [1.165, 1.54) is 10.8 Å². The summed E-state index contributed by atoms with van der Waals surface area (Å²) in [6.45, 7) is 2.29. The number of nitrogens with zero attached hydrogens (tertiary/aromatic N) is 3. The second kappa shape index (κ2) is 7.50. The van der Waals surface area contributed by atoms with E-state index in [2.05, 4.69) is 84.9 Å². The number of esters is 1. The molecule has 0 spiro atoms. The van der Waals surface area contributed by atoms with Crippen molar-refractivity contribution in [1.29, 1.82) is 0 Å². The van der Waals surface area contributed by atoms with Crippen molar-refractivity contribution in [2.24, 2.45) is 0 Å². The van der Waals surface area contributed by atoms with Gasteiger partial charge in [0.05, 0.1) is 12.0 Å². The van der Waals surface area contributed by atoms with Crippen LogP contribution in [0, 0.1) is 0 Å². The van der Waals surface area contributed by atoms with Crippen molar-refractivity contribution in [3.8, 4) is 5.69 Å². The summed E-state index contributed by atoms with van der Waals surface area (Å²) >= 11 is 0. The molecule has 35 heavy (non-hydrogen) atoms. The number of anilines is 2. The van der Waals surface area contributed by atoms with Gasteiger partial charge in [-0.15, -0.1) is 0 Å². The van der Waals surface area contributed by atoms with E-state index in [-0.39, 0.29) is 12.5 Å². The van der Waals surface area contributed by atoms with Crippen LogP contribution in [0.5, 0.6) is 0 Å². The Balaban J connectivity index is 1.63. The van der Waals surface area contributed by atoms with Crippen LogP contribution in [0.25, 0.3) is 48.9 Å². The van der Waals surface area contributed by atoms with E-state index in [1.54, 1.807) is 0 Å². The van der Waals surface area contributed by atoms with Gasteiger partial charge in [0, 0.05) is 16.8 Å². The molecule has 0 fully saturated rings. The predicted octanol–water partition coefficient (Wildman–Crippen LogP) is 5.99. The highest BCUT2D eigenvalue weighted by molar-refractivity contribution is 6.24. The molecule has 6 aromatic rings. The van der Waals surface area contributed by atoms with Crippen LogP contribution in [0.15, 0.2) is 91.0 Å². The summed E-state index contributed by atoms with van der Waals surface area (Å²) < 4.78 is 7.33. The van der Waals surface area contributed by atoms with Gasteiger partial charge >= 0.3 is 11.8 Å². The number of rotatable bonds is 3. The molecule has 2 heterocycles. The van der Waals surface area contributed by atoms with Crippen LogP contribution >= 0.6 is 0 Å². The standard InChI is InChI=1S/C30H22N3O2/c1-2-35-28(34)18-32-25-15-7-9-19-10-8-16-26(29(19)25)33-27(32)17-24-22-13-4-3-11-20(22)21-12-5-6-14-23(21)30(24)31-33/h3-17H,2,18H2,1H3/q+1. The van der Waals surface area contributed by atoms with Crippen molar-refractivity contribution in [1.82, 2.24) is 5.10 Å². The molecule has 0 saturated heterocycles. The van der Waals surface area contributed by atoms with Crippen molar-refractivity contribution in [3.05, 3.63) is 91.0 Å². The van der Waals surface area contributed by atoms with Crippen LogP contribution in [0.1, 0.15) is 6.92 Å². The first-order valence-corrected chi connectivity index (χ1v) is 11.9. The molecule has 7 rings (SSSR count). The first-order valence-electron chi connectivity index (χ1n) is 11.9. The van der Waals surface area contributed by atoms with E-state index in [0.717, 1.165) is 49.6 Å². The fourth-order valence-corrected chi connectivity index (χ4v) is 5.44. The number of fused-ring (bicyclic) bond motifs is 8. The monoisotopic (exact) mass is 456 g/mol. The van der Waals surface area contributed by atoms with E-state index < -0.39 is 0 Å². The highest BCUT2D eigenvalue weighted by Gasteiger charge is 2.36. The molecule has 168 valence electrons. The Kier molecular flexibility index (Phi) is 4.27. The average molecular weight is 457 g/mol. The molecule has 1 aromatic heterocycles. The molecule has 0 N–H and O–H groups in total. The first-order chi connectivity index (χ1) is 17.2.